The van der Waals surface area contributed by atoms with Crippen LogP contribution < -0.4 is 4.90 Å². The third kappa shape index (κ3) is 2.76. The third-order valence-corrected chi connectivity index (χ3v) is 2.85. The molecule has 89 valence electrons. The number of aromatic nitrogens is 1. The van der Waals surface area contributed by atoms with Crippen LogP contribution in [0.1, 0.15) is 26.7 Å². The topological polar surface area (TPSA) is 16.1 Å². The second-order valence-electron chi connectivity index (χ2n) is 4.30. The van der Waals surface area contributed by atoms with E-state index in [0.717, 1.165) is 37.1 Å². The minimum Gasteiger partial charge on any atom is -0.370 e. The summed E-state index contributed by atoms with van der Waals surface area (Å²) in [6.45, 7) is 6.56. The number of para-hydroxylation sites is 1. The molecule has 0 saturated carbocycles. The molecule has 1 aromatic carbocycles. The van der Waals surface area contributed by atoms with Crippen LogP contribution in [0, 0.1) is 6.20 Å². The van der Waals surface area contributed by atoms with E-state index in [2.05, 4.69) is 48.1 Å². The predicted molar refractivity (Wildman–Crippen MR) is 73.4 cm³/mol. The van der Waals surface area contributed by atoms with E-state index in [9.17, 15) is 0 Å². The van der Waals surface area contributed by atoms with E-state index in [1.807, 2.05) is 12.1 Å². The largest absolute Gasteiger partial charge is 0.370 e. The van der Waals surface area contributed by atoms with Crippen LogP contribution >= 0.6 is 0 Å². The molecule has 0 aliphatic rings. The Hall–Kier alpha value is -1.57. The van der Waals surface area contributed by atoms with Gasteiger partial charge in [-0.25, -0.2) is 4.98 Å². The maximum absolute atomic E-state index is 4.40. The van der Waals surface area contributed by atoms with Crippen molar-refractivity contribution in [3.8, 4) is 0 Å². The van der Waals surface area contributed by atoms with Gasteiger partial charge in [-0.1, -0.05) is 32.0 Å². The van der Waals surface area contributed by atoms with Crippen LogP contribution in [0.2, 0.25) is 0 Å². The first-order valence-electron chi connectivity index (χ1n) is 6.37. The van der Waals surface area contributed by atoms with Crippen LogP contribution in [-0.4, -0.2) is 18.1 Å². The summed E-state index contributed by atoms with van der Waals surface area (Å²) in [6.07, 6.45) is 5.46. The van der Waals surface area contributed by atoms with Crippen molar-refractivity contribution in [2.45, 2.75) is 26.7 Å². The van der Waals surface area contributed by atoms with Crippen molar-refractivity contribution in [2.24, 2.45) is 0 Å². The molecule has 17 heavy (non-hydrogen) atoms. The lowest BCUT2D eigenvalue weighted by Crippen LogP contribution is -2.25. The highest BCUT2D eigenvalue weighted by atomic mass is 15.1. The molecule has 0 saturated heterocycles. The Kier molecular flexibility index (Phi) is 3.97. The summed E-state index contributed by atoms with van der Waals surface area (Å²) in [4.78, 5) is 6.76. The van der Waals surface area contributed by atoms with Gasteiger partial charge in [-0.05, 0) is 25.0 Å². The summed E-state index contributed by atoms with van der Waals surface area (Å²) in [5.74, 6) is 0. The lowest BCUT2D eigenvalue weighted by molar-refractivity contribution is 0.743. The van der Waals surface area contributed by atoms with Crippen LogP contribution in [0.25, 0.3) is 10.9 Å². The van der Waals surface area contributed by atoms with Gasteiger partial charge < -0.3 is 4.90 Å². The minimum atomic E-state index is 1.02. The zero-order valence-corrected chi connectivity index (χ0v) is 10.6. The normalized spacial score (nSPS) is 10.7. The van der Waals surface area contributed by atoms with Crippen LogP contribution in [0.4, 0.5) is 5.69 Å². The summed E-state index contributed by atoms with van der Waals surface area (Å²) in [5.41, 5.74) is 2.14. The van der Waals surface area contributed by atoms with E-state index in [4.69, 9.17) is 0 Å². The standard InChI is InChI=1S/C15H19N2/c1-3-9-17(10-4-2)14-11-13-7-5-6-8-15(13)16-12-14/h5-8,11H,3-4,9-10H2,1-2H3. The second-order valence-corrected chi connectivity index (χ2v) is 4.30. The van der Waals surface area contributed by atoms with Gasteiger partial charge in [-0.15, -0.1) is 0 Å². The van der Waals surface area contributed by atoms with Crippen molar-refractivity contribution in [1.29, 1.82) is 0 Å². The maximum Gasteiger partial charge on any atom is 0.115 e. The molecule has 0 amide bonds. The Labute approximate surface area is 103 Å². The van der Waals surface area contributed by atoms with Crippen LogP contribution in [0.5, 0.6) is 0 Å². The fourth-order valence-corrected chi connectivity index (χ4v) is 2.06. The first-order valence-corrected chi connectivity index (χ1v) is 6.37. The lowest BCUT2D eigenvalue weighted by atomic mass is 10.2. The molecule has 0 spiro atoms. The number of rotatable bonds is 5. The Balaban J connectivity index is 2.32. The molecule has 0 atom stereocenters. The van der Waals surface area contributed by atoms with Crippen LogP contribution in [-0.2, 0) is 0 Å². The van der Waals surface area contributed by atoms with Crippen molar-refractivity contribution >= 4 is 16.6 Å². The molecule has 0 aliphatic carbocycles. The van der Waals surface area contributed by atoms with Gasteiger partial charge in [0.25, 0.3) is 0 Å². The molecule has 2 rings (SSSR count). The van der Waals surface area contributed by atoms with Crippen molar-refractivity contribution in [2.75, 3.05) is 18.0 Å². The number of hydrogen-bond acceptors (Lipinski definition) is 2. The van der Waals surface area contributed by atoms with E-state index in [0.29, 0.717) is 0 Å². The van der Waals surface area contributed by atoms with Gasteiger partial charge in [-0.2, -0.15) is 0 Å². The van der Waals surface area contributed by atoms with Gasteiger partial charge in [0, 0.05) is 18.5 Å². The van der Waals surface area contributed by atoms with E-state index < -0.39 is 0 Å². The maximum atomic E-state index is 4.40. The van der Waals surface area contributed by atoms with E-state index in [-0.39, 0.29) is 0 Å². The zero-order valence-electron chi connectivity index (χ0n) is 10.6. The first kappa shape index (κ1) is 11.9. The third-order valence-electron chi connectivity index (χ3n) is 2.85. The summed E-state index contributed by atoms with van der Waals surface area (Å²) in [5, 5.41) is 1.19. The number of fused-ring (bicyclic) bond motifs is 1. The van der Waals surface area contributed by atoms with Crippen molar-refractivity contribution in [3.05, 3.63) is 36.5 Å². The van der Waals surface area contributed by atoms with Crippen LogP contribution in [0.3, 0.4) is 0 Å². The van der Waals surface area contributed by atoms with Gasteiger partial charge in [0.2, 0.25) is 0 Å². The highest BCUT2D eigenvalue weighted by Gasteiger charge is 2.06. The Morgan fingerprint density at radius 1 is 1.12 bits per heavy atom. The number of nitrogens with zero attached hydrogens (tertiary/aromatic N) is 2. The smallest absolute Gasteiger partial charge is 0.115 e. The molecule has 0 aliphatic heterocycles. The van der Waals surface area contributed by atoms with E-state index in [1.165, 1.54) is 5.39 Å². The van der Waals surface area contributed by atoms with Gasteiger partial charge >= 0.3 is 0 Å². The molecule has 2 aromatic rings. The molecule has 2 nitrogen and oxygen atoms in total. The lowest BCUT2D eigenvalue weighted by Gasteiger charge is -2.23. The number of pyridine rings is 1. The van der Waals surface area contributed by atoms with Gasteiger partial charge in [-0.3, -0.25) is 0 Å². The average Bonchev–Trinajstić information content (AvgIpc) is 2.38. The highest BCUT2D eigenvalue weighted by Crippen LogP contribution is 2.19. The first-order chi connectivity index (χ1) is 8.35. The summed E-state index contributed by atoms with van der Waals surface area (Å²) in [6, 6.07) is 10.4. The minimum absolute atomic E-state index is 1.02. The number of anilines is 1. The number of benzene rings is 1. The molecule has 1 radical (unpaired) electrons. The molecule has 0 fully saturated rings. The molecule has 1 aromatic heterocycles. The fraction of sp³-hybridized carbons (Fsp3) is 0.400. The van der Waals surface area contributed by atoms with Crippen molar-refractivity contribution in [1.82, 2.24) is 4.98 Å². The Morgan fingerprint density at radius 3 is 2.53 bits per heavy atom. The van der Waals surface area contributed by atoms with Gasteiger partial charge in [0.1, 0.15) is 6.20 Å². The zero-order chi connectivity index (χ0) is 12.1. The molecule has 1 heterocycles. The van der Waals surface area contributed by atoms with Crippen molar-refractivity contribution in [3.63, 3.8) is 0 Å². The fourth-order valence-electron chi connectivity index (χ4n) is 2.06. The second kappa shape index (κ2) is 5.67. The Morgan fingerprint density at radius 2 is 1.82 bits per heavy atom. The van der Waals surface area contributed by atoms with Gasteiger partial charge in [0.15, 0.2) is 0 Å². The van der Waals surface area contributed by atoms with Crippen molar-refractivity contribution < 1.29 is 0 Å². The summed E-state index contributed by atoms with van der Waals surface area (Å²) < 4.78 is 0. The number of hydrogen-bond donors (Lipinski definition) is 0. The molecule has 2 heteroatoms. The van der Waals surface area contributed by atoms with E-state index >= 15 is 0 Å². The average molecular weight is 227 g/mol. The molecule has 0 bridgehead atoms. The Bertz CT molecular complexity index is 473. The monoisotopic (exact) mass is 227 g/mol. The molecule has 0 N–H and O–H groups in total. The van der Waals surface area contributed by atoms with E-state index in [1.54, 1.807) is 0 Å². The predicted octanol–water partition coefficient (Wildman–Crippen LogP) is 3.66. The molecular formula is C15H19N2. The molecular weight excluding hydrogens is 208 g/mol. The summed E-state index contributed by atoms with van der Waals surface area (Å²) in [7, 11) is 0. The van der Waals surface area contributed by atoms with Gasteiger partial charge in [0.05, 0.1) is 11.2 Å². The molecule has 0 unspecified atom stereocenters. The SMILES string of the molecule is CCCN(CCC)c1[c]nc2ccccc2c1. The van der Waals surface area contributed by atoms with Crippen LogP contribution in [0.15, 0.2) is 30.3 Å². The highest BCUT2D eigenvalue weighted by molar-refractivity contribution is 5.81. The quantitative estimate of drug-likeness (QED) is 0.775. The summed E-state index contributed by atoms with van der Waals surface area (Å²) >= 11 is 0.